The van der Waals surface area contributed by atoms with Crippen LogP contribution in [-0.4, -0.2) is 117 Å². The maximum absolute atomic E-state index is 12.6. The maximum atomic E-state index is 12.6. The normalized spacial score (nSPS) is 37.6. The zero-order chi connectivity index (χ0) is 27.2. The summed E-state index contributed by atoms with van der Waals surface area (Å²) in [4.78, 5) is 25.0. The van der Waals surface area contributed by atoms with E-state index in [1.165, 1.54) is 0 Å². The number of aliphatic hydroxyl groups is 6. The van der Waals surface area contributed by atoms with Gasteiger partial charge in [0, 0.05) is 6.42 Å². The second-order valence-electron chi connectivity index (χ2n) is 9.68. The molecule has 2 aliphatic heterocycles. The van der Waals surface area contributed by atoms with Crippen molar-refractivity contribution in [2.24, 2.45) is 11.8 Å². The molecule has 13 nitrogen and oxygen atoms in total. The van der Waals surface area contributed by atoms with Crippen molar-refractivity contribution in [3.8, 4) is 0 Å². The second-order valence-corrected chi connectivity index (χ2v) is 9.68. The van der Waals surface area contributed by atoms with E-state index < -0.39 is 92.5 Å². The van der Waals surface area contributed by atoms with Crippen LogP contribution in [0.2, 0.25) is 0 Å². The molecule has 10 atom stereocenters. The van der Waals surface area contributed by atoms with Gasteiger partial charge >= 0.3 is 11.9 Å². The predicted molar refractivity (Wildman–Crippen MR) is 120 cm³/mol. The molecule has 0 spiro atoms. The van der Waals surface area contributed by atoms with E-state index in [2.05, 4.69) is 0 Å². The first kappa shape index (κ1) is 30.8. The van der Waals surface area contributed by atoms with Gasteiger partial charge in [-0.3, -0.25) is 9.59 Å². The summed E-state index contributed by atoms with van der Waals surface area (Å²) in [5, 5.41) is 61.0. The first-order valence-corrected chi connectivity index (χ1v) is 12.2. The molecule has 0 amide bonds. The molecule has 0 aromatic rings. The molecule has 0 aromatic carbocycles. The Kier molecular flexibility index (Phi) is 11.5. The van der Waals surface area contributed by atoms with Gasteiger partial charge in [0.2, 0.25) is 12.1 Å². The van der Waals surface area contributed by atoms with Crippen molar-refractivity contribution in [3.63, 3.8) is 0 Å². The van der Waals surface area contributed by atoms with Gasteiger partial charge < -0.3 is 54.3 Å². The van der Waals surface area contributed by atoms with Gasteiger partial charge in [-0.05, 0) is 18.8 Å². The maximum Gasteiger partial charge on any atom is 0.309 e. The largest absolute Gasteiger partial charge is 0.457 e. The van der Waals surface area contributed by atoms with Crippen molar-refractivity contribution >= 4 is 11.9 Å². The number of carbonyl (C=O) groups excluding carboxylic acids is 2. The third kappa shape index (κ3) is 6.91. The van der Waals surface area contributed by atoms with Crippen molar-refractivity contribution in [1.29, 1.82) is 0 Å². The van der Waals surface area contributed by atoms with E-state index in [0.717, 1.165) is 0 Å². The molecule has 0 radical (unpaired) electrons. The number of aliphatic hydroxyl groups excluding tert-OH is 6. The molecule has 6 N–H and O–H groups in total. The minimum absolute atomic E-state index is 0.0460. The summed E-state index contributed by atoms with van der Waals surface area (Å²) in [7, 11) is 0. The van der Waals surface area contributed by atoms with Crippen LogP contribution in [0.1, 0.15) is 47.0 Å². The monoisotopic (exact) mass is 524 g/mol. The number of ether oxygens (including phenoxy) is 5. The lowest BCUT2D eigenvalue weighted by atomic mass is 9.97. The highest BCUT2D eigenvalue weighted by Gasteiger charge is 2.59. The molecular weight excluding hydrogens is 484 g/mol. The molecule has 1 unspecified atom stereocenters. The van der Waals surface area contributed by atoms with E-state index in [1.54, 1.807) is 13.8 Å². The minimum Gasteiger partial charge on any atom is -0.457 e. The first-order chi connectivity index (χ1) is 16.9. The summed E-state index contributed by atoms with van der Waals surface area (Å²) in [6, 6.07) is 0. The van der Waals surface area contributed by atoms with Crippen LogP contribution in [0.15, 0.2) is 0 Å². The van der Waals surface area contributed by atoms with Crippen molar-refractivity contribution in [2.75, 3.05) is 19.8 Å². The lowest BCUT2D eigenvalue weighted by Gasteiger charge is -2.45. The number of esters is 2. The minimum atomic E-state index is -2.32. The Balaban J connectivity index is 2.34. The SMILES string of the molecule is CCC(C)C(=O)O[C@H]1[C@@H](O[C@]2(CO)O[C@H](CO)[C@@H](O)[C@@H]2O)O[C@H](CO)[C@@H](OC(=O)CCC(C)C)[C@@H]1O. The van der Waals surface area contributed by atoms with Crippen molar-refractivity contribution in [3.05, 3.63) is 0 Å². The van der Waals surface area contributed by atoms with E-state index in [-0.39, 0.29) is 12.3 Å². The lowest BCUT2D eigenvalue weighted by molar-refractivity contribution is -0.384. The van der Waals surface area contributed by atoms with E-state index in [1.807, 2.05) is 13.8 Å². The van der Waals surface area contributed by atoms with E-state index in [0.29, 0.717) is 12.8 Å². The quantitative estimate of drug-likeness (QED) is 0.156. The molecule has 0 aliphatic carbocycles. The van der Waals surface area contributed by atoms with Gasteiger partial charge in [0.15, 0.2) is 12.2 Å². The Hall–Kier alpha value is -1.42. The first-order valence-electron chi connectivity index (χ1n) is 12.2. The fraction of sp³-hybridized carbons (Fsp3) is 0.913. The van der Waals surface area contributed by atoms with Crippen LogP contribution in [-0.2, 0) is 33.3 Å². The van der Waals surface area contributed by atoms with Crippen molar-refractivity contribution in [1.82, 2.24) is 0 Å². The van der Waals surface area contributed by atoms with Gasteiger partial charge in [0.25, 0.3) is 0 Å². The van der Waals surface area contributed by atoms with Gasteiger partial charge in [0.05, 0.1) is 19.1 Å². The third-order valence-corrected chi connectivity index (χ3v) is 6.48. The van der Waals surface area contributed by atoms with E-state index >= 15 is 0 Å². The molecule has 13 heteroatoms. The van der Waals surface area contributed by atoms with Crippen LogP contribution >= 0.6 is 0 Å². The summed E-state index contributed by atoms with van der Waals surface area (Å²) >= 11 is 0. The van der Waals surface area contributed by atoms with Gasteiger partial charge in [-0.25, -0.2) is 0 Å². The molecule has 2 fully saturated rings. The van der Waals surface area contributed by atoms with E-state index in [9.17, 15) is 40.2 Å². The molecule has 2 aliphatic rings. The number of hydrogen-bond donors (Lipinski definition) is 6. The molecule has 2 rings (SSSR count). The molecule has 0 aromatic heterocycles. The second kappa shape index (κ2) is 13.4. The molecule has 210 valence electrons. The van der Waals surface area contributed by atoms with Gasteiger partial charge in [-0.2, -0.15) is 0 Å². The predicted octanol–water partition coefficient (Wildman–Crippen LogP) is -1.81. The third-order valence-electron chi connectivity index (χ3n) is 6.48. The number of hydrogen-bond acceptors (Lipinski definition) is 13. The molecule has 2 saturated heterocycles. The zero-order valence-electron chi connectivity index (χ0n) is 21.1. The summed E-state index contributed by atoms with van der Waals surface area (Å²) in [6.45, 7) is 4.72. The summed E-state index contributed by atoms with van der Waals surface area (Å²) in [5.74, 6) is -4.08. The van der Waals surface area contributed by atoms with Crippen molar-refractivity contribution < 1.29 is 63.9 Å². The van der Waals surface area contributed by atoms with Gasteiger partial charge in [-0.15, -0.1) is 0 Å². The molecular formula is C23H40O13. The molecule has 2 heterocycles. The standard InChI is InChI=1S/C23H40O13/c1-5-12(4)21(31)34-19-17(29)18(33-15(27)7-6-11(2)3)14(9-25)32-22(19)36-23(10-26)20(30)16(28)13(8-24)35-23/h11-14,16-20,22,24-26,28-30H,5-10H2,1-4H3/t12?,13-,14-,16-,17+,18-,19-,20+,22-,23+/m1/s1. The Morgan fingerprint density at radius 2 is 1.58 bits per heavy atom. The highest BCUT2D eigenvalue weighted by Crippen LogP contribution is 2.37. The Bertz CT molecular complexity index is 718. The van der Waals surface area contributed by atoms with Crippen LogP contribution in [0, 0.1) is 11.8 Å². The molecule has 0 saturated carbocycles. The Morgan fingerprint density at radius 1 is 0.944 bits per heavy atom. The van der Waals surface area contributed by atoms with Crippen molar-refractivity contribution in [2.45, 2.75) is 102 Å². The van der Waals surface area contributed by atoms with Gasteiger partial charge in [0.1, 0.15) is 37.1 Å². The fourth-order valence-electron chi connectivity index (χ4n) is 3.91. The topological polar surface area (TPSA) is 202 Å². The highest BCUT2D eigenvalue weighted by molar-refractivity contribution is 5.72. The summed E-state index contributed by atoms with van der Waals surface area (Å²) in [5.41, 5.74) is 0. The lowest BCUT2D eigenvalue weighted by Crippen LogP contribution is -2.64. The summed E-state index contributed by atoms with van der Waals surface area (Å²) < 4.78 is 27.5. The average Bonchev–Trinajstić information content (AvgIpc) is 3.10. The fourth-order valence-corrected chi connectivity index (χ4v) is 3.91. The van der Waals surface area contributed by atoms with Crippen LogP contribution in [0.5, 0.6) is 0 Å². The zero-order valence-corrected chi connectivity index (χ0v) is 21.1. The average molecular weight is 525 g/mol. The molecule has 0 bridgehead atoms. The Labute approximate surface area is 209 Å². The van der Waals surface area contributed by atoms with Crippen LogP contribution in [0.4, 0.5) is 0 Å². The van der Waals surface area contributed by atoms with E-state index in [4.69, 9.17) is 23.7 Å². The van der Waals surface area contributed by atoms with Crippen LogP contribution in [0.25, 0.3) is 0 Å². The summed E-state index contributed by atoms with van der Waals surface area (Å²) in [6.07, 6.45) is -11.7. The van der Waals surface area contributed by atoms with Gasteiger partial charge in [-0.1, -0.05) is 27.7 Å². The number of carbonyl (C=O) groups is 2. The highest BCUT2D eigenvalue weighted by atomic mass is 16.8. The van der Waals surface area contributed by atoms with Crippen LogP contribution in [0.3, 0.4) is 0 Å². The number of rotatable bonds is 12. The van der Waals surface area contributed by atoms with Crippen LogP contribution < -0.4 is 0 Å². The molecule has 36 heavy (non-hydrogen) atoms. The smallest absolute Gasteiger partial charge is 0.309 e. The Morgan fingerprint density at radius 3 is 2.08 bits per heavy atom.